The van der Waals surface area contributed by atoms with Crippen molar-refractivity contribution in [3.63, 3.8) is 0 Å². The summed E-state index contributed by atoms with van der Waals surface area (Å²) in [5.74, 6) is -0.669. The Hall–Kier alpha value is -2.70. The van der Waals surface area contributed by atoms with Gasteiger partial charge in [-0.2, -0.15) is 0 Å². The Morgan fingerprint density at radius 1 is 1.22 bits per heavy atom. The molecule has 2 amide bonds. The van der Waals surface area contributed by atoms with Gasteiger partial charge in [0.2, 0.25) is 0 Å². The van der Waals surface area contributed by atoms with Crippen molar-refractivity contribution in [2.45, 2.75) is 57.5 Å². The number of nitro groups is 1. The maximum atomic E-state index is 13.2. The first-order valence-electron chi connectivity index (χ1n) is 9.41. The quantitative estimate of drug-likeness (QED) is 0.648. The fourth-order valence-corrected chi connectivity index (χ4v) is 3.80. The van der Waals surface area contributed by atoms with Crippen LogP contribution in [0.2, 0.25) is 0 Å². The predicted molar refractivity (Wildman–Crippen MR) is 101 cm³/mol. The molecule has 0 bridgehead atoms. The van der Waals surface area contributed by atoms with E-state index in [1.54, 1.807) is 11.8 Å². The number of amides is 2. The average molecular weight is 371 g/mol. The highest BCUT2D eigenvalue weighted by Gasteiger charge is 2.45. The molecule has 2 unspecified atom stereocenters. The smallest absolute Gasteiger partial charge is 0.269 e. The van der Waals surface area contributed by atoms with Gasteiger partial charge in [0.1, 0.15) is 5.54 Å². The third-order valence-electron chi connectivity index (χ3n) is 5.81. The Balaban J connectivity index is 1.78. The topological polar surface area (TPSA) is 92.6 Å². The molecule has 0 saturated heterocycles. The van der Waals surface area contributed by atoms with Crippen LogP contribution >= 0.6 is 0 Å². The van der Waals surface area contributed by atoms with Crippen molar-refractivity contribution in [3.05, 3.63) is 52.2 Å². The molecule has 1 aliphatic heterocycles. The lowest BCUT2D eigenvalue weighted by Gasteiger charge is -2.44. The minimum atomic E-state index is -1.05. The van der Waals surface area contributed by atoms with Gasteiger partial charge in [-0.15, -0.1) is 0 Å². The summed E-state index contributed by atoms with van der Waals surface area (Å²) in [5, 5.41) is 13.6. The Labute approximate surface area is 158 Å². The maximum absolute atomic E-state index is 13.2. The van der Waals surface area contributed by atoms with E-state index in [1.807, 2.05) is 19.2 Å². The van der Waals surface area contributed by atoms with Crippen LogP contribution in [0.15, 0.2) is 36.5 Å². The highest BCUT2D eigenvalue weighted by atomic mass is 16.6. The van der Waals surface area contributed by atoms with Crippen molar-refractivity contribution in [1.29, 1.82) is 0 Å². The molecular formula is C20H25N3O4. The highest BCUT2D eigenvalue weighted by molar-refractivity contribution is 6.00. The first-order chi connectivity index (χ1) is 12.8. The van der Waals surface area contributed by atoms with Crippen molar-refractivity contribution < 1.29 is 14.5 Å². The van der Waals surface area contributed by atoms with Gasteiger partial charge >= 0.3 is 0 Å². The molecule has 1 aliphatic carbocycles. The molecule has 1 N–H and O–H groups in total. The third-order valence-corrected chi connectivity index (χ3v) is 5.81. The number of benzene rings is 1. The zero-order valence-corrected chi connectivity index (χ0v) is 15.7. The Kier molecular flexibility index (Phi) is 5.30. The first-order valence-corrected chi connectivity index (χ1v) is 9.41. The summed E-state index contributed by atoms with van der Waals surface area (Å²) in [4.78, 5) is 38.0. The number of rotatable bonds is 4. The fraction of sp³-hybridized carbons (Fsp3) is 0.500. The largest absolute Gasteiger partial charge is 0.337 e. The molecule has 1 aromatic carbocycles. The van der Waals surface area contributed by atoms with E-state index >= 15 is 0 Å². The Bertz CT molecular complexity index is 768. The van der Waals surface area contributed by atoms with Gasteiger partial charge in [0.25, 0.3) is 17.5 Å². The number of hydrogen-bond donors (Lipinski definition) is 1. The van der Waals surface area contributed by atoms with Crippen LogP contribution < -0.4 is 5.32 Å². The summed E-state index contributed by atoms with van der Waals surface area (Å²) in [6.07, 6.45) is 9.22. The molecule has 1 heterocycles. The normalized spacial score (nSPS) is 26.1. The third kappa shape index (κ3) is 3.72. The number of nitro benzene ring substituents is 1. The van der Waals surface area contributed by atoms with Gasteiger partial charge in [0, 0.05) is 35.9 Å². The minimum Gasteiger partial charge on any atom is -0.337 e. The summed E-state index contributed by atoms with van der Waals surface area (Å²) < 4.78 is 0. The molecule has 2 atom stereocenters. The van der Waals surface area contributed by atoms with E-state index in [4.69, 9.17) is 0 Å². The summed E-state index contributed by atoms with van der Waals surface area (Å²) in [6, 6.07) is 5.58. The molecule has 3 rings (SSSR count). The van der Waals surface area contributed by atoms with Crippen molar-refractivity contribution in [3.8, 4) is 0 Å². The highest BCUT2D eigenvalue weighted by Crippen LogP contribution is 2.32. The van der Waals surface area contributed by atoms with Crippen molar-refractivity contribution in [2.24, 2.45) is 5.92 Å². The number of nitrogens with one attached hydrogen (secondary N) is 1. The van der Waals surface area contributed by atoms with Gasteiger partial charge in [0.15, 0.2) is 0 Å². The fourth-order valence-electron chi connectivity index (χ4n) is 3.80. The summed E-state index contributed by atoms with van der Waals surface area (Å²) in [6.45, 7) is 3.66. The number of carbonyl (C=O) groups excluding carboxylic acids is 2. The van der Waals surface area contributed by atoms with Crippen LogP contribution in [0.5, 0.6) is 0 Å². The standard InChI is InChI=1S/C20H25N3O4/c1-14-12-13-22(16-6-4-3-5-7-16)19(25)20(14,2)21-18(24)15-8-10-17(11-9-15)23(26)27/h8-14,16H,3-7H2,1-2H3,(H,21,24). The number of carbonyl (C=O) groups is 2. The van der Waals surface area contributed by atoms with E-state index in [0.717, 1.165) is 25.7 Å². The zero-order chi connectivity index (χ0) is 19.6. The van der Waals surface area contributed by atoms with Crippen LogP contribution in [0.3, 0.4) is 0 Å². The van der Waals surface area contributed by atoms with Crippen LogP contribution in [0, 0.1) is 16.0 Å². The maximum Gasteiger partial charge on any atom is 0.269 e. The molecule has 0 spiro atoms. The van der Waals surface area contributed by atoms with Gasteiger partial charge in [-0.1, -0.05) is 32.3 Å². The van der Waals surface area contributed by atoms with E-state index < -0.39 is 16.4 Å². The summed E-state index contributed by atoms with van der Waals surface area (Å²) in [5.41, 5.74) is -0.836. The lowest BCUT2D eigenvalue weighted by molar-refractivity contribution is -0.384. The lowest BCUT2D eigenvalue weighted by atomic mass is 9.81. The molecule has 7 heteroatoms. The summed E-state index contributed by atoms with van der Waals surface area (Å²) in [7, 11) is 0. The molecule has 1 fully saturated rings. The van der Waals surface area contributed by atoms with Gasteiger partial charge in [0.05, 0.1) is 4.92 Å². The number of hydrogen-bond acceptors (Lipinski definition) is 4. The second kappa shape index (κ2) is 7.50. The molecule has 1 aromatic rings. The van der Waals surface area contributed by atoms with Crippen LogP contribution in [0.25, 0.3) is 0 Å². The van der Waals surface area contributed by atoms with Gasteiger partial charge in [-0.05, 0) is 31.9 Å². The number of nitrogens with zero attached hydrogens (tertiary/aromatic N) is 2. The average Bonchev–Trinajstić information content (AvgIpc) is 2.67. The SMILES string of the molecule is CC1C=CN(C2CCCCC2)C(=O)C1(C)NC(=O)c1ccc([N+](=O)[O-])cc1. The van der Waals surface area contributed by atoms with Crippen molar-refractivity contribution >= 4 is 17.5 Å². The van der Waals surface area contributed by atoms with Crippen LogP contribution in [0.1, 0.15) is 56.3 Å². The molecule has 0 aromatic heterocycles. The van der Waals surface area contributed by atoms with Gasteiger partial charge in [-0.25, -0.2) is 0 Å². The predicted octanol–water partition coefficient (Wildman–Crippen LogP) is 3.41. The van der Waals surface area contributed by atoms with Crippen LogP contribution in [-0.2, 0) is 4.79 Å². The monoisotopic (exact) mass is 371 g/mol. The zero-order valence-electron chi connectivity index (χ0n) is 15.7. The Morgan fingerprint density at radius 2 is 1.85 bits per heavy atom. The number of non-ortho nitro benzene ring substituents is 1. The summed E-state index contributed by atoms with van der Waals surface area (Å²) >= 11 is 0. The Morgan fingerprint density at radius 3 is 2.44 bits per heavy atom. The molecular weight excluding hydrogens is 346 g/mol. The molecule has 1 saturated carbocycles. The molecule has 7 nitrogen and oxygen atoms in total. The van der Waals surface area contributed by atoms with Crippen molar-refractivity contribution in [1.82, 2.24) is 10.2 Å². The molecule has 0 radical (unpaired) electrons. The van der Waals surface area contributed by atoms with E-state index in [2.05, 4.69) is 5.32 Å². The second-order valence-corrected chi connectivity index (χ2v) is 7.59. The van der Waals surface area contributed by atoms with Gasteiger partial charge < -0.3 is 10.2 Å². The van der Waals surface area contributed by atoms with Crippen LogP contribution in [0.4, 0.5) is 5.69 Å². The van der Waals surface area contributed by atoms with E-state index in [0.29, 0.717) is 5.56 Å². The second-order valence-electron chi connectivity index (χ2n) is 7.59. The van der Waals surface area contributed by atoms with E-state index in [-0.39, 0.29) is 23.6 Å². The minimum absolute atomic E-state index is 0.0775. The van der Waals surface area contributed by atoms with Crippen molar-refractivity contribution in [2.75, 3.05) is 0 Å². The van der Waals surface area contributed by atoms with Gasteiger partial charge in [-0.3, -0.25) is 19.7 Å². The molecule has 27 heavy (non-hydrogen) atoms. The van der Waals surface area contributed by atoms with Crippen LogP contribution in [-0.4, -0.2) is 33.2 Å². The first kappa shape index (κ1) is 19.1. The molecule has 144 valence electrons. The lowest BCUT2D eigenvalue weighted by Crippen LogP contribution is -2.63. The van der Waals surface area contributed by atoms with E-state index in [9.17, 15) is 19.7 Å². The van der Waals surface area contributed by atoms with E-state index in [1.165, 1.54) is 30.7 Å². The molecule has 2 aliphatic rings.